The van der Waals surface area contributed by atoms with E-state index < -0.39 is 4.92 Å². The third-order valence-electron chi connectivity index (χ3n) is 3.53. The van der Waals surface area contributed by atoms with Crippen molar-refractivity contribution < 1.29 is 14.4 Å². The Labute approximate surface area is 124 Å². The summed E-state index contributed by atoms with van der Waals surface area (Å²) < 4.78 is 11.0. The number of piperidine rings is 1. The molecular weight excluding hydrogens is 272 g/mol. The minimum atomic E-state index is -0.429. The minimum Gasteiger partial charge on any atom is -0.491 e. The van der Waals surface area contributed by atoms with Crippen LogP contribution in [0.2, 0.25) is 0 Å². The smallest absolute Gasteiger partial charge is 0.273 e. The van der Waals surface area contributed by atoms with E-state index >= 15 is 0 Å². The van der Waals surface area contributed by atoms with Crippen LogP contribution >= 0.6 is 0 Å². The number of rotatable bonds is 8. The number of ether oxygens (including phenoxy) is 2. The lowest BCUT2D eigenvalue weighted by atomic mass is 10.1. The van der Waals surface area contributed by atoms with Gasteiger partial charge < -0.3 is 14.4 Å². The Bertz CT molecular complexity index is 447. The highest BCUT2D eigenvalue weighted by molar-refractivity contribution is 5.37. The zero-order valence-electron chi connectivity index (χ0n) is 12.2. The fraction of sp³-hybridized carbons (Fsp3) is 0.600. The van der Waals surface area contributed by atoms with Crippen molar-refractivity contribution in [3.63, 3.8) is 0 Å². The maximum atomic E-state index is 10.6. The summed E-state index contributed by atoms with van der Waals surface area (Å²) in [7, 11) is 0. The molecule has 1 aromatic rings. The summed E-state index contributed by atoms with van der Waals surface area (Å²) in [5.41, 5.74) is 0.0403. The fourth-order valence-corrected chi connectivity index (χ4v) is 2.38. The average Bonchev–Trinajstić information content (AvgIpc) is 2.52. The van der Waals surface area contributed by atoms with Crippen LogP contribution in [0.3, 0.4) is 0 Å². The van der Waals surface area contributed by atoms with Gasteiger partial charge in [0.2, 0.25) is 0 Å². The number of nitro groups is 1. The van der Waals surface area contributed by atoms with Gasteiger partial charge in [-0.1, -0.05) is 12.5 Å². The van der Waals surface area contributed by atoms with Crippen LogP contribution in [0.5, 0.6) is 5.75 Å². The third-order valence-corrected chi connectivity index (χ3v) is 3.53. The van der Waals surface area contributed by atoms with Crippen molar-refractivity contribution in [1.29, 1.82) is 0 Å². The number of hydrogen-bond acceptors (Lipinski definition) is 5. The van der Waals surface area contributed by atoms with Gasteiger partial charge in [0.1, 0.15) is 12.4 Å². The molecule has 1 aliphatic rings. The number of non-ortho nitro benzene ring substituents is 1. The van der Waals surface area contributed by atoms with E-state index in [1.54, 1.807) is 12.1 Å². The second-order valence-electron chi connectivity index (χ2n) is 5.12. The zero-order chi connectivity index (χ0) is 14.9. The van der Waals surface area contributed by atoms with Gasteiger partial charge >= 0.3 is 0 Å². The molecule has 1 saturated heterocycles. The molecule has 0 amide bonds. The monoisotopic (exact) mass is 294 g/mol. The average molecular weight is 294 g/mol. The molecule has 1 aromatic carbocycles. The Hall–Kier alpha value is -1.66. The molecule has 1 fully saturated rings. The standard InChI is InChI=1S/C15H22N2O4/c18-17(19)14-5-4-6-15(13-14)21-12-11-20-10-9-16-7-2-1-3-8-16/h4-6,13H,1-3,7-12H2. The minimum absolute atomic E-state index is 0.0403. The second kappa shape index (κ2) is 8.59. The first-order chi connectivity index (χ1) is 10.3. The molecule has 0 aliphatic carbocycles. The van der Waals surface area contributed by atoms with Gasteiger partial charge in [-0.15, -0.1) is 0 Å². The van der Waals surface area contributed by atoms with E-state index in [0.717, 1.165) is 6.54 Å². The molecule has 0 atom stereocenters. The zero-order valence-corrected chi connectivity index (χ0v) is 12.2. The lowest BCUT2D eigenvalue weighted by Gasteiger charge is -2.26. The van der Waals surface area contributed by atoms with Crippen molar-refractivity contribution in [3.05, 3.63) is 34.4 Å². The van der Waals surface area contributed by atoms with Gasteiger partial charge in [-0.3, -0.25) is 10.1 Å². The normalized spacial score (nSPS) is 15.8. The molecule has 21 heavy (non-hydrogen) atoms. The van der Waals surface area contributed by atoms with E-state index in [9.17, 15) is 10.1 Å². The quantitative estimate of drug-likeness (QED) is 0.418. The molecular formula is C15H22N2O4. The van der Waals surface area contributed by atoms with Crippen LogP contribution in [0.4, 0.5) is 5.69 Å². The summed E-state index contributed by atoms with van der Waals surface area (Å²) in [6, 6.07) is 6.20. The molecule has 0 radical (unpaired) electrons. The predicted molar refractivity (Wildman–Crippen MR) is 79.7 cm³/mol. The number of hydrogen-bond donors (Lipinski definition) is 0. The van der Waals surface area contributed by atoms with E-state index in [0.29, 0.717) is 25.6 Å². The second-order valence-corrected chi connectivity index (χ2v) is 5.12. The Kier molecular flexibility index (Phi) is 6.43. The summed E-state index contributed by atoms with van der Waals surface area (Å²) in [5, 5.41) is 10.6. The maximum Gasteiger partial charge on any atom is 0.273 e. The first-order valence-electron chi connectivity index (χ1n) is 7.43. The molecule has 0 bridgehead atoms. The highest BCUT2D eigenvalue weighted by Crippen LogP contribution is 2.18. The Balaban J connectivity index is 1.57. The molecule has 0 saturated carbocycles. The topological polar surface area (TPSA) is 64.8 Å². The van der Waals surface area contributed by atoms with Gasteiger partial charge in [-0.2, -0.15) is 0 Å². The van der Waals surface area contributed by atoms with Crippen molar-refractivity contribution in [2.45, 2.75) is 19.3 Å². The van der Waals surface area contributed by atoms with Crippen molar-refractivity contribution in [1.82, 2.24) is 4.90 Å². The number of likely N-dealkylation sites (tertiary alicyclic amines) is 1. The van der Waals surface area contributed by atoms with Crippen LogP contribution in [0.15, 0.2) is 24.3 Å². The van der Waals surface area contributed by atoms with E-state index in [-0.39, 0.29) is 5.69 Å². The summed E-state index contributed by atoms with van der Waals surface area (Å²) in [6.45, 7) is 4.92. The SMILES string of the molecule is O=[N+]([O-])c1cccc(OCCOCCN2CCCCC2)c1. The van der Waals surface area contributed by atoms with Crippen LogP contribution in [-0.2, 0) is 4.74 Å². The Morgan fingerprint density at radius 1 is 1.14 bits per heavy atom. The summed E-state index contributed by atoms with van der Waals surface area (Å²) in [4.78, 5) is 12.6. The molecule has 1 aliphatic heterocycles. The van der Waals surface area contributed by atoms with Crippen LogP contribution in [-0.4, -0.2) is 49.3 Å². The van der Waals surface area contributed by atoms with E-state index in [2.05, 4.69) is 4.90 Å². The van der Waals surface area contributed by atoms with E-state index in [1.165, 1.54) is 44.5 Å². The molecule has 0 spiro atoms. The van der Waals surface area contributed by atoms with Crippen LogP contribution in [0.25, 0.3) is 0 Å². The van der Waals surface area contributed by atoms with E-state index in [4.69, 9.17) is 9.47 Å². The van der Waals surface area contributed by atoms with Crippen LogP contribution in [0.1, 0.15) is 19.3 Å². The Morgan fingerprint density at radius 3 is 2.71 bits per heavy atom. The molecule has 6 nitrogen and oxygen atoms in total. The van der Waals surface area contributed by atoms with Gasteiger partial charge in [0.05, 0.1) is 24.2 Å². The lowest BCUT2D eigenvalue weighted by Crippen LogP contribution is -2.32. The molecule has 1 heterocycles. The molecule has 0 aromatic heterocycles. The first kappa shape index (κ1) is 15.7. The summed E-state index contributed by atoms with van der Waals surface area (Å²) in [6.07, 6.45) is 3.92. The van der Waals surface area contributed by atoms with Crippen LogP contribution in [0, 0.1) is 10.1 Å². The molecule has 116 valence electrons. The largest absolute Gasteiger partial charge is 0.491 e. The van der Waals surface area contributed by atoms with Gasteiger partial charge in [-0.05, 0) is 32.0 Å². The lowest BCUT2D eigenvalue weighted by molar-refractivity contribution is -0.384. The van der Waals surface area contributed by atoms with Gasteiger partial charge in [0.25, 0.3) is 5.69 Å². The van der Waals surface area contributed by atoms with Gasteiger partial charge in [-0.25, -0.2) is 0 Å². The molecule has 0 N–H and O–H groups in total. The first-order valence-corrected chi connectivity index (χ1v) is 7.43. The van der Waals surface area contributed by atoms with Crippen molar-refractivity contribution in [2.24, 2.45) is 0 Å². The summed E-state index contributed by atoms with van der Waals surface area (Å²) in [5.74, 6) is 0.504. The van der Waals surface area contributed by atoms with E-state index in [1.807, 2.05) is 0 Å². The highest BCUT2D eigenvalue weighted by Gasteiger charge is 2.09. The summed E-state index contributed by atoms with van der Waals surface area (Å²) >= 11 is 0. The van der Waals surface area contributed by atoms with Gasteiger partial charge in [0, 0.05) is 12.6 Å². The van der Waals surface area contributed by atoms with Crippen molar-refractivity contribution in [2.75, 3.05) is 39.5 Å². The van der Waals surface area contributed by atoms with Crippen molar-refractivity contribution in [3.8, 4) is 5.75 Å². The third kappa shape index (κ3) is 5.69. The van der Waals surface area contributed by atoms with Crippen LogP contribution < -0.4 is 4.74 Å². The van der Waals surface area contributed by atoms with Crippen molar-refractivity contribution >= 4 is 5.69 Å². The Morgan fingerprint density at radius 2 is 1.95 bits per heavy atom. The maximum absolute atomic E-state index is 10.6. The number of nitrogens with zero attached hydrogens (tertiary/aromatic N) is 2. The molecule has 6 heteroatoms. The predicted octanol–water partition coefficient (Wildman–Crippen LogP) is 2.48. The number of benzene rings is 1. The molecule has 0 unspecified atom stereocenters. The van der Waals surface area contributed by atoms with Gasteiger partial charge in [0.15, 0.2) is 0 Å². The number of nitro benzene ring substituents is 1. The molecule has 2 rings (SSSR count). The highest BCUT2D eigenvalue weighted by atomic mass is 16.6. The fourth-order valence-electron chi connectivity index (χ4n) is 2.38.